The van der Waals surface area contributed by atoms with Crippen LogP contribution in [0.3, 0.4) is 0 Å². The maximum absolute atomic E-state index is 8.38. The van der Waals surface area contributed by atoms with Crippen LogP contribution < -0.4 is 0 Å². The van der Waals surface area contributed by atoms with Crippen LogP contribution in [0.1, 0.15) is 45.2 Å². The van der Waals surface area contributed by atoms with E-state index in [1.54, 1.807) is 0 Å². The Kier molecular flexibility index (Phi) is 11.2. The van der Waals surface area contributed by atoms with Crippen LogP contribution in [-0.4, -0.2) is 25.0 Å². The SMILES string of the molecule is C=C/C=C(/C)C1=C(C)CN(C)CC1.CC.Cc1ccc(C#N)cc1. The van der Waals surface area contributed by atoms with Gasteiger partial charge < -0.3 is 4.90 Å². The summed E-state index contributed by atoms with van der Waals surface area (Å²) in [5, 5.41) is 8.38. The van der Waals surface area contributed by atoms with E-state index in [1.165, 1.54) is 35.2 Å². The number of hydrogen-bond acceptors (Lipinski definition) is 2. The van der Waals surface area contributed by atoms with Crippen molar-refractivity contribution in [3.05, 3.63) is 70.8 Å². The molecule has 0 atom stereocenters. The molecule has 1 aromatic rings. The number of hydrogen-bond donors (Lipinski definition) is 0. The molecule has 0 saturated carbocycles. The van der Waals surface area contributed by atoms with Gasteiger partial charge in [0.25, 0.3) is 0 Å². The van der Waals surface area contributed by atoms with E-state index in [4.69, 9.17) is 5.26 Å². The Hall–Kier alpha value is -2.11. The van der Waals surface area contributed by atoms with Crippen LogP contribution in [-0.2, 0) is 0 Å². The highest BCUT2D eigenvalue weighted by molar-refractivity contribution is 5.37. The second kappa shape index (κ2) is 12.3. The number of aryl methyl sites for hydroxylation is 1. The Balaban J connectivity index is 0.000000420. The summed E-state index contributed by atoms with van der Waals surface area (Å²) in [7, 11) is 2.17. The fourth-order valence-electron chi connectivity index (χ4n) is 2.53. The molecule has 0 aliphatic carbocycles. The Morgan fingerprint density at radius 3 is 2.25 bits per heavy atom. The molecule has 2 nitrogen and oxygen atoms in total. The fourth-order valence-corrected chi connectivity index (χ4v) is 2.53. The van der Waals surface area contributed by atoms with Gasteiger partial charge in [0, 0.05) is 13.1 Å². The number of allylic oxidation sites excluding steroid dienone is 3. The minimum absolute atomic E-state index is 0.723. The van der Waals surface area contributed by atoms with Crippen molar-refractivity contribution >= 4 is 0 Å². The van der Waals surface area contributed by atoms with Gasteiger partial charge in [0.2, 0.25) is 0 Å². The van der Waals surface area contributed by atoms with Crippen molar-refractivity contribution in [3.8, 4) is 6.07 Å². The molecule has 1 aliphatic rings. The van der Waals surface area contributed by atoms with Crippen molar-refractivity contribution in [3.63, 3.8) is 0 Å². The van der Waals surface area contributed by atoms with Gasteiger partial charge in [-0.25, -0.2) is 0 Å². The molecule has 2 heteroatoms. The van der Waals surface area contributed by atoms with E-state index in [2.05, 4.69) is 44.5 Å². The third-order valence-corrected chi connectivity index (χ3v) is 3.79. The maximum Gasteiger partial charge on any atom is 0.0991 e. The second-order valence-corrected chi connectivity index (χ2v) is 5.81. The summed E-state index contributed by atoms with van der Waals surface area (Å²) in [6, 6.07) is 9.54. The smallest absolute Gasteiger partial charge is 0.0991 e. The minimum atomic E-state index is 0.723. The monoisotopic (exact) mass is 324 g/mol. The van der Waals surface area contributed by atoms with Gasteiger partial charge in [0.15, 0.2) is 0 Å². The first-order chi connectivity index (χ1) is 11.5. The average molecular weight is 325 g/mol. The van der Waals surface area contributed by atoms with Gasteiger partial charge in [-0.1, -0.05) is 55.8 Å². The maximum atomic E-state index is 8.38. The summed E-state index contributed by atoms with van der Waals surface area (Å²) >= 11 is 0. The Bertz CT molecular complexity index is 598. The van der Waals surface area contributed by atoms with Gasteiger partial charge in [-0.15, -0.1) is 0 Å². The number of rotatable bonds is 2. The molecule has 130 valence electrons. The topological polar surface area (TPSA) is 27.0 Å². The molecular weight excluding hydrogens is 292 g/mol. The van der Waals surface area contributed by atoms with Gasteiger partial charge in [0.1, 0.15) is 0 Å². The van der Waals surface area contributed by atoms with Gasteiger partial charge in [-0.05, 0) is 57.5 Å². The standard InChI is InChI=1S/C12H19N.C8H7N.C2H6/c1-5-6-10(2)12-7-8-13(4)9-11(12)3;1-7-2-4-8(6-9)5-3-7;1-2/h5-6H,1,7-9H2,2-4H3;2-5H,1H3;1-2H3/b10-6-;;. The Morgan fingerprint density at radius 1 is 1.21 bits per heavy atom. The van der Waals surface area contributed by atoms with Crippen molar-refractivity contribution in [2.45, 2.75) is 41.0 Å². The van der Waals surface area contributed by atoms with Gasteiger partial charge >= 0.3 is 0 Å². The highest BCUT2D eigenvalue weighted by atomic mass is 15.1. The predicted octanol–water partition coefficient (Wildman–Crippen LogP) is 5.66. The average Bonchev–Trinajstić information content (AvgIpc) is 2.58. The first kappa shape index (κ1) is 21.9. The lowest BCUT2D eigenvalue weighted by atomic mass is 9.95. The predicted molar refractivity (Wildman–Crippen MR) is 106 cm³/mol. The third-order valence-electron chi connectivity index (χ3n) is 3.79. The van der Waals surface area contributed by atoms with Crippen molar-refractivity contribution in [1.29, 1.82) is 5.26 Å². The number of likely N-dealkylation sites (N-methyl/N-ethyl adjacent to an activating group) is 1. The Morgan fingerprint density at radius 2 is 1.79 bits per heavy atom. The van der Waals surface area contributed by atoms with Crippen LogP contribution in [0.4, 0.5) is 0 Å². The van der Waals surface area contributed by atoms with Crippen molar-refractivity contribution < 1.29 is 0 Å². The normalized spacial score (nSPS) is 14.6. The molecule has 0 radical (unpaired) electrons. The van der Waals surface area contributed by atoms with Crippen molar-refractivity contribution in [1.82, 2.24) is 4.90 Å². The highest BCUT2D eigenvalue weighted by Gasteiger charge is 2.13. The van der Waals surface area contributed by atoms with Crippen LogP contribution in [0.25, 0.3) is 0 Å². The fraction of sp³-hybridized carbons (Fsp3) is 0.409. The highest BCUT2D eigenvalue weighted by Crippen LogP contribution is 2.23. The summed E-state index contributed by atoms with van der Waals surface area (Å²) < 4.78 is 0. The summed E-state index contributed by atoms with van der Waals surface area (Å²) in [6.45, 7) is 16.4. The molecule has 0 unspecified atom stereocenters. The lowest BCUT2D eigenvalue weighted by Gasteiger charge is -2.26. The van der Waals surface area contributed by atoms with E-state index in [0.29, 0.717) is 0 Å². The molecule has 0 amide bonds. The Labute approximate surface area is 148 Å². The number of nitrogens with zero attached hydrogens (tertiary/aromatic N) is 2. The summed E-state index contributed by atoms with van der Waals surface area (Å²) in [6.07, 6.45) is 5.15. The zero-order valence-corrected chi connectivity index (χ0v) is 16.2. The molecule has 1 heterocycles. The van der Waals surface area contributed by atoms with Crippen LogP contribution in [0.5, 0.6) is 0 Å². The molecule has 2 rings (SSSR count). The molecular formula is C22H32N2. The zero-order valence-electron chi connectivity index (χ0n) is 16.2. The van der Waals surface area contributed by atoms with E-state index in [0.717, 1.165) is 12.1 Å². The lowest BCUT2D eigenvalue weighted by Crippen LogP contribution is -2.27. The summed E-state index contributed by atoms with van der Waals surface area (Å²) in [5.74, 6) is 0. The molecule has 1 aromatic carbocycles. The van der Waals surface area contributed by atoms with E-state index in [-0.39, 0.29) is 0 Å². The lowest BCUT2D eigenvalue weighted by molar-refractivity contribution is 0.349. The molecule has 1 aliphatic heterocycles. The van der Waals surface area contributed by atoms with E-state index < -0.39 is 0 Å². The van der Waals surface area contributed by atoms with Gasteiger partial charge in [-0.3, -0.25) is 0 Å². The van der Waals surface area contributed by atoms with E-state index in [9.17, 15) is 0 Å². The zero-order chi connectivity index (χ0) is 18.5. The van der Waals surface area contributed by atoms with Crippen LogP contribution in [0, 0.1) is 18.3 Å². The van der Waals surface area contributed by atoms with E-state index >= 15 is 0 Å². The van der Waals surface area contributed by atoms with Crippen molar-refractivity contribution in [2.75, 3.05) is 20.1 Å². The third kappa shape index (κ3) is 7.94. The largest absolute Gasteiger partial charge is 0.302 e. The van der Waals surface area contributed by atoms with E-state index in [1.807, 2.05) is 51.1 Å². The molecule has 0 saturated heterocycles. The van der Waals surface area contributed by atoms with Gasteiger partial charge in [-0.2, -0.15) is 5.26 Å². The number of nitriles is 1. The second-order valence-electron chi connectivity index (χ2n) is 5.81. The minimum Gasteiger partial charge on any atom is -0.302 e. The molecule has 0 N–H and O–H groups in total. The molecule has 24 heavy (non-hydrogen) atoms. The summed E-state index contributed by atoms with van der Waals surface area (Å²) in [4.78, 5) is 2.36. The molecule has 0 aromatic heterocycles. The van der Waals surface area contributed by atoms with Crippen LogP contribution in [0.2, 0.25) is 0 Å². The molecule has 0 bridgehead atoms. The van der Waals surface area contributed by atoms with Crippen LogP contribution >= 0.6 is 0 Å². The summed E-state index contributed by atoms with van der Waals surface area (Å²) in [5.41, 5.74) is 6.32. The number of benzene rings is 1. The van der Waals surface area contributed by atoms with Crippen molar-refractivity contribution in [2.24, 2.45) is 0 Å². The van der Waals surface area contributed by atoms with Gasteiger partial charge in [0.05, 0.1) is 11.6 Å². The molecule has 0 fully saturated rings. The van der Waals surface area contributed by atoms with Crippen LogP contribution in [0.15, 0.2) is 59.7 Å². The quantitative estimate of drug-likeness (QED) is 0.656. The molecule has 0 spiro atoms. The first-order valence-corrected chi connectivity index (χ1v) is 8.61. The first-order valence-electron chi connectivity index (χ1n) is 8.61.